The predicted octanol–water partition coefficient (Wildman–Crippen LogP) is 3.78. The number of carbonyl (C=O) groups excluding carboxylic acids is 1. The van der Waals surface area contributed by atoms with Crippen molar-refractivity contribution in [3.8, 4) is 5.69 Å². The summed E-state index contributed by atoms with van der Waals surface area (Å²) in [6, 6.07) is 22.1. The zero-order valence-corrected chi connectivity index (χ0v) is 20.8. The van der Waals surface area contributed by atoms with Gasteiger partial charge >= 0.3 is 0 Å². The number of fused-ring (bicyclic) bond motifs is 1. The van der Waals surface area contributed by atoms with Crippen LogP contribution in [0.2, 0.25) is 0 Å². The topological polar surface area (TPSA) is 97.2 Å². The monoisotopic (exact) mass is 507 g/mol. The van der Waals surface area contributed by atoms with Gasteiger partial charge in [0.2, 0.25) is 15.9 Å². The van der Waals surface area contributed by atoms with Crippen molar-refractivity contribution < 1.29 is 13.2 Å². The van der Waals surface area contributed by atoms with Gasteiger partial charge in [0.1, 0.15) is 0 Å². The van der Waals surface area contributed by atoms with Gasteiger partial charge < -0.3 is 5.32 Å². The summed E-state index contributed by atoms with van der Waals surface area (Å²) in [5.41, 5.74) is 0.821. The van der Waals surface area contributed by atoms with Crippen LogP contribution in [0.25, 0.3) is 16.5 Å². The highest BCUT2D eigenvalue weighted by molar-refractivity contribution is 7.99. The largest absolute Gasteiger partial charge is 0.358 e. The van der Waals surface area contributed by atoms with E-state index in [1.807, 2.05) is 65.2 Å². The number of rotatable bonds is 7. The molecule has 1 N–H and O–H groups in total. The maximum absolute atomic E-state index is 13.8. The molecule has 2 heterocycles. The lowest BCUT2D eigenvalue weighted by Crippen LogP contribution is -2.32. The highest BCUT2D eigenvalue weighted by atomic mass is 32.2. The van der Waals surface area contributed by atoms with Crippen LogP contribution in [-0.2, 0) is 14.8 Å². The summed E-state index contributed by atoms with van der Waals surface area (Å²) >= 11 is 1.27. The van der Waals surface area contributed by atoms with Gasteiger partial charge in [0.05, 0.1) is 16.7 Å². The van der Waals surface area contributed by atoms with E-state index in [1.54, 1.807) is 19.2 Å². The maximum Gasteiger partial charge on any atom is 0.243 e. The average molecular weight is 508 g/mol. The molecule has 35 heavy (non-hydrogen) atoms. The Hall–Kier alpha value is -3.21. The minimum Gasteiger partial charge on any atom is -0.358 e. The molecule has 1 fully saturated rings. The van der Waals surface area contributed by atoms with Crippen molar-refractivity contribution in [1.29, 1.82) is 0 Å². The molecule has 10 heteroatoms. The zero-order valence-electron chi connectivity index (χ0n) is 19.2. The van der Waals surface area contributed by atoms with Crippen molar-refractivity contribution >= 4 is 38.5 Å². The number of nitrogens with one attached hydrogen (secondary N) is 1. The summed E-state index contributed by atoms with van der Waals surface area (Å²) in [5.74, 6) is 0.614. The van der Waals surface area contributed by atoms with E-state index in [0.717, 1.165) is 22.9 Å². The van der Waals surface area contributed by atoms with Crippen LogP contribution in [-0.4, -0.2) is 52.7 Å². The van der Waals surface area contributed by atoms with Crippen LogP contribution >= 0.6 is 11.8 Å². The number of para-hydroxylation sites is 1. The van der Waals surface area contributed by atoms with E-state index in [4.69, 9.17) is 0 Å². The molecule has 3 aromatic carbocycles. The summed E-state index contributed by atoms with van der Waals surface area (Å²) in [7, 11) is -2.18. The lowest BCUT2D eigenvalue weighted by atomic mass is 10.1. The van der Waals surface area contributed by atoms with E-state index in [9.17, 15) is 13.2 Å². The summed E-state index contributed by atoms with van der Waals surface area (Å²) in [6.45, 7) is 0.405. The third-order valence-corrected chi connectivity index (χ3v) is 8.95. The molecule has 0 aliphatic carbocycles. The Kier molecular flexibility index (Phi) is 6.59. The third-order valence-electron chi connectivity index (χ3n) is 6.11. The molecule has 0 spiro atoms. The van der Waals surface area contributed by atoms with E-state index in [0.29, 0.717) is 23.9 Å². The normalized spacial score (nSPS) is 16.5. The first-order valence-electron chi connectivity index (χ1n) is 11.3. The molecule has 1 aliphatic heterocycles. The molecular formula is C25H25N5O3S2. The van der Waals surface area contributed by atoms with Gasteiger partial charge in [-0.3, -0.25) is 9.36 Å². The second kappa shape index (κ2) is 9.80. The molecule has 1 unspecified atom stereocenters. The van der Waals surface area contributed by atoms with Crippen molar-refractivity contribution in [2.24, 2.45) is 0 Å². The average Bonchev–Trinajstić information content (AvgIpc) is 3.55. The Labute approximate surface area is 208 Å². The number of thioether (sulfide) groups is 1. The van der Waals surface area contributed by atoms with Gasteiger partial charge in [-0.2, -0.15) is 4.31 Å². The minimum atomic E-state index is -3.77. The lowest BCUT2D eigenvalue weighted by molar-refractivity contribution is -0.118. The molecule has 5 rings (SSSR count). The molecule has 1 aromatic heterocycles. The van der Waals surface area contributed by atoms with Crippen molar-refractivity contribution in [3.63, 3.8) is 0 Å². The fraction of sp³-hybridized carbons (Fsp3) is 0.240. The number of aromatic nitrogens is 3. The van der Waals surface area contributed by atoms with E-state index >= 15 is 0 Å². The Morgan fingerprint density at radius 1 is 1.03 bits per heavy atom. The molecule has 0 bridgehead atoms. The van der Waals surface area contributed by atoms with Crippen molar-refractivity contribution in [1.82, 2.24) is 24.4 Å². The highest BCUT2D eigenvalue weighted by Crippen LogP contribution is 2.38. The first-order valence-corrected chi connectivity index (χ1v) is 13.8. The Bertz CT molecular complexity index is 1470. The van der Waals surface area contributed by atoms with E-state index < -0.39 is 16.1 Å². The second-order valence-corrected chi connectivity index (χ2v) is 11.1. The van der Waals surface area contributed by atoms with Crippen LogP contribution in [0.5, 0.6) is 0 Å². The number of sulfonamides is 1. The zero-order chi connectivity index (χ0) is 24.4. The van der Waals surface area contributed by atoms with Gasteiger partial charge in [0.15, 0.2) is 11.0 Å². The Morgan fingerprint density at radius 2 is 1.77 bits per heavy atom. The molecule has 0 saturated carbocycles. The summed E-state index contributed by atoms with van der Waals surface area (Å²) < 4.78 is 31.0. The van der Waals surface area contributed by atoms with Crippen LogP contribution in [0.1, 0.15) is 24.7 Å². The molecular weight excluding hydrogens is 482 g/mol. The minimum absolute atomic E-state index is 0.125. The van der Waals surface area contributed by atoms with Crippen molar-refractivity contribution in [2.45, 2.75) is 28.9 Å². The first kappa shape index (κ1) is 23.5. The van der Waals surface area contributed by atoms with Crippen molar-refractivity contribution in [3.05, 3.63) is 78.6 Å². The number of benzene rings is 3. The smallest absolute Gasteiger partial charge is 0.243 e. The van der Waals surface area contributed by atoms with Gasteiger partial charge in [-0.15, -0.1) is 10.2 Å². The summed E-state index contributed by atoms with van der Waals surface area (Å²) in [4.78, 5) is 12.1. The molecule has 180 valence electrons. The number of carbonyl (C=O) groups is 1. The van der Waals surface area contributed by atoms with Gasteiger partial charge in [-0.05, 0) is 47.9 Å². The second-order valence-electron chi connectivity index (χ2n) is 8.26. The Balaban J connectivity index is 1.54. The molecule has 1 aliphatic rings. The van der Waals surface area contributed by atoms with E-state index in [2.05, 4.69) is 15.5 Å². The van der Waals surface area contributed by atoms with Gasteiger partial charge in [-0.1, -0.05) is 60.3 Å². The number of amides is 1. The molecule has 1 saturated heterocycles. The fourth-order valence-corrected chi connectivity index (χ4v) is 6.88. The molecule has 1 amide bonds. The van der Waals surface area contributed by atoms with Crippen molar-refractivity contribution in [2.75, 3.05) is 19.3 Å². The van der Waals surface area contributed by atoms with Gasteiger partial charge in [0, 0.05) is 19.3 Å². The van der Waals surface area contributed by atoms with Crippen LogP contribution in [0.3, 0.4) is 0 Å². The van der Waals surface area contributed by atoms with E-state index in [1.165, 1.54) is 16.1 Å². The number of nitrogens with zero attached hydrogens (tertiary/aromatic N) is 4. The lowest BCUT2D eigenvalue weighted by Gasteiger charge is -2.24. The van der Waals surface area contributed by atoms with Crippen LogP contribution in [0.4, 0.5) is 0 Å². The summed E-state index contributed by atoms with van der Waals surface area (Å²) in [6.07, 6.45) is 1.36. The SMILES string of the molecule is CNC(=O)CSc1nnc(C2CCCN2S(=O)(=O)c2ccc3ccccc3c2)n1-c1ccccc1. The highest BCUT2D eigenvalue weighted by Gasteiger charge is 2.39. The third kappa shape index (κ3) is 4.56. The number of hydrogen-bond donors (Lipinski definition) is 1. The number of hydrogen-bond acceptors (Lipinski definition) is 6. The first-order chi connectivity index (χ1) is 17.0. The quantitative estimate of drug-likeness (QED) is 0.383. The maximum atomic E-state index is 13.8. The Morgan fingerprint density at radius 3 is 2.54 bits per heavy atom. The fourth-order valence-electron chi connectivity index (χ4n) is 4.36. The predicted molar refractivity (Wildman–Crippen MR) is 136 cm³/mol. The molecule has 1 atom stereocenters. The van der Waals surface area contributed by atoms with Gasteiger partial charge in [0.25, 0.3) is 0 Å². The standard InChI is InChI=1S/C25H25N5O3S2/c1-26-23(31)17-34-25-28-27-24(30(25)20-10-3-2-4-11-20)22-12-7-15-29(22)35(32,33)21-14-13-18-8-5-6-9-19(18)16-21/h2-6,8-11,13-14,16,22H,7,12,15,17H2,1H3,(H,26,31). The van der Waals surface area contributed by atoms with Crippen LogP contribution in [0.15, 0.2) is 82.8 Å². The molecule has 8 nitrogen and oxygen atoms in total. The van der Waals surface area contributed by atoms with E-state index in [-0.39, 0.29) is 16.6 Å². The molecule has 4 aromatic rings. The van der Waals surface area contributed by atoms with Gasteiger partial charge in [-0.25, -0.2) is 8.42 Å². The molecule has 0 radical (unpaired) electrons. The van der Waals surface area contributed by atoms with Crippen LogP contribution < -0.4 is 5.32 Å². The summed E-state index contributed by atoms with van der Waals surface area (Å²) in [5, 5.41) is 13.8. The van der Waals surface area contributed by atoms with Crippen LogP contribution in [0, 0.1) is 0 Å².